The van der Waals surface area contributed by atoms with Crippen LogP contribution in [0, 0.1) is 0 Å². The molecule has 4 N–H and O–H groups in total. The highest BCUT2D eigenvalue weighted by molar-refractivity contribution is 6.62. The van der Waals surface area contributed by atoms with Crippen molar-refractivity contribution in [3.63, 3.8) is 0 Å². The van der Waals surface area contributed by atoms with Crippen molar-refractivity contribution in [2.75, 3.05) is 27.9 Å². The molecule has 2 atom stereocenters. The maximum atomic E-state index is 5.91. The highest BCUT2D eigenvalue weighted by Gasteiger charge is 2.48. The Balaban J connectivity index is 4.73. The lowest BCUT2D eigenvalue weighted by Crippen LogP contribution is -2.55. The zero-order chi connectivity index (χ0) is 11.2. The molecule has 0 heterocycles. The molecule has 0 saturated heterocycles. The molecule has 86 valence electrons. The van der Waals surface area contributed by atoms with Gasteiger partial charge in [0.2, 0.25) is 0 Å². The number of hydrogen-bond acceptors (Lipinski definition) is 5. The van der Waals surface area contributed by atoms with Gasteiger partial charge in [-0.3, -0.25) is 0 Å². The molecule has 2 unspecified atom stereocenters. The van der Waals surface area contributed by atoms with Crippen LogP contribution >= 0.6 is 0 Å². The minimum atomic E-state index is -2.64. The molecule has 0 bridgehead atoms. The van der Waals surface area contributed by atoms with E-state index in [9.17, 15) is 0 Å². The normalized spacial score (nSPS) is 16.7. The Kier molecular flexibility index (Phi) is 6.50. The van der Waals surface area contributed by atoms with Gasteiger partial charge >= 0.3 is 8.80 Å². The smallest absolute Gasteiger partial charge is 0.377 e. The molecule has 0 aliphatic carbocycles. The van der Waals surface area contributed by atoms with Gasteiger partial charge in [0, 0.05) is 39.5 Å². The summed E-state index contributed by atoms with van der Waals surface area (Å²) in [5, 5.41) is 0. The molecule has 0 aromatic carbocycles. The molecule has 0 amide bonds. The van der Waals surface area contributed by atoms with Crippen LogP contribution in [0.1, 0.15) is 13.3 Å². The van der Waals surface area contributed by atoms with Crippen LogP contribution in [0.25, 0.3) is 0 Å². The van der Waals surface area contributed by atoms with Crippen molar-refractivity contribution in [2.24, 2.45) is 11.5 Å². The van der Waals surface area contributed by atoms with Crippen molar-refractivity contribution < 1.29 is 13.3 Å². The fraction of sp³-hybridized carbons (Fsp3) is 1.00. The lowest BCUT2D eigenvalue weighted by Gasteiger charge is -2.34. The molecule has 0 aliphatic rings. The van der Waals surface area contributed by atoms with Crippen LogP contribution in [0.3, 0.4) is 0 Å². The molecule has 5 nitrogen and oxygen atoms in total. The molecule has 0 aliphatic heterocycles. The molecule has 0 aromatic heterocycles. The van der Waals surface area contributed by atoms with Gasteiger partial charge in [0.15, 0.2) is 0 Å². The van der Waals surface area contributed by atoms with E-state index < -0.39 is 8.80 Å². The van der Waals surface area contributed by atoms with Crippen molar-refractivity contribution >= 4 is 8.80 Å². The zero-order valence-electron chi connectivity index (χ0n) is 9.45. The van der Waals surface area contributed by atoms with Gasteiger partial charge in [-0.2, -0.15) is 0 Å². The van der Waals surface area contributed by atoms with Crippen molar-refractivity contribution in [2.45, 2.75) is 24.9 Å². The van der Waals surface area contributed by atoms with Crippen LogP contribution in [0.5, 0.6) is 0 Å². The van der Waals surface area contributed by atoms with Gasteiger partial charge < -0.3 is 24.7 Å². The summed E-state index contributed by atoms with van der Waals surface area (Å²) in [7, 11) is 2.13. The van der Waals surface area contributed by atoms with Gasteiger partial charge in [-0.25, -0.2) is 0 Å². The van der Waals surface area contributed by atoms with Crippen LogP contribution in [-0.2, 0) is 13.3 Å². The third-order valence-corrected chi connectivity index (χ3v) is 5.99. The maximum Gasteiger partial charge on any atom is 0.505 e. The Labute approximate surface area is 87.1 Å². The van der Waals surface area contributed by atoms with E-state index in [0.717, 1.165) is 6.42 Å². The second kappa shape index (κ2) is 6.49. The minimum Gasteiger partial charge on any atom is -0.377 e. The summed E-state index contributed by atoms with van der Waals surface area (Å²) in [4.78, 5) is 0. The molecule has 0 saturated carbocycles. The van der Waals surface area contributed by atoms with E-state index in [0.29, 0.717) is 6.54 Å². The van der Waals surface area contributed by atoms with Gasteiger partial charge in [0.25, 0.3) is 0 Å². The second-order valence-corrected chi connectivity index (χ2v) is 6.30. The van der Waals surface area contributed by atoms with Gasteiger partial charge in [-0.05, 0) is 6.42 Å². The number of hydrogen-bond donors (Lipinski definition) is 2. The Hall–Kier alpha value is 0.0169. The highest BCUT2D eigenvalue weighted by atomic mass is 28.4. The van der Waals surface area contributed by atoms with Crippen LogP contribution < -0.4 is 11.5 Å². The maximum absolute atomic E-state index is 5.91. The summed E-state index contributed by atoms with van der Waals surface area (Å²) in [6.45, 7) is 2.43. The number of rotatable bonds is 7. The van der Waals surface area contributed by atoms with Gasteiger partial charge in [-0.1, -0.05) is 6.92 Å². The molecule has 14 heavy (non-hydrogen) atoms. The largest absolute Gasteiger partial charge is 0.505 e. The van der Waals surface area contributed by atoms with E-state index in [2.05, 4.69) is 0 Å². The van der Waals surface area contributed by atoms with Crippen molar-refractivity contribution in [1.29, 1.82) is 0 Å². The minimum absolute atomic E-state index is 0.0486. The second-order valence-electron chi connectivity index (χ2n) is 3.13. The first-order valence-electron chi connectivity index (χ1n) is 4.72. The van der Waals surface area contributed by atoms with Gasteiger partial charge in [-0.15, -0.1) is 0 Å². The van der Waals surface area contributed by atoms with E-state index in [1.54, 1.807) is 21.3 Å². The molecule has 0 radical (unpaired) electrons. The van der Waals surface area contributed by atoms with E-state index in [1.807, 2.05) is 6.92 Å². The predicted octanol–water partition coefficient (Wildman–Crippen LogP) is -0.0693. The first-order chi connectivity index (χ1) is 6.61. The Morgan fingerprint density at radius 2 is 1.57 bits per heavy atom. The third kappa shape index (κ3) is 2.75. The van der Waals surface area contributed by atoms with E-state index in [4.69, 9.17) is 24.7 Å². The molecule has 0 fully saturated rings. The molecular formula is C8H22N2O3Si. The number of nitrogens with two attached hydrogens (primary N) is 2. The van der Waals surface area contributed by atoms with Crippen molar-refractivity contribution in [1.82, 2.24) is 0 Å². The highest BCUT2D eigenvalue weighted by Crippen LogP contribution is 2.29. The van der Waals surface area contributed by atoms with Gasteiger partial charge in [0.05, 0.1) is 0 Å². The monoisotopic (exact) mass is 222 g/mol. The molecule has 0 spiro atoms. The van der Waals surface area contributed by atoms with Crippen LogP contribution in [0.4, 0.5) is 0 Å². The molecular weight excluding hydrogens is 200 g/mol. The first kappa shape index (κ1) is 14.0. The fourth-order valence-electron chi connectivity index (χ4n) is 1.68. The summed E-state index contributed by atoms with van der Waals surface area (Å²) in [6.07, 6.45) is 0.833. The van der Waals surface area contributed by atoms with E-state index in [1.165, 1.54) is 0 Å². The summed E-state index contributed by atoms with van der Waals surface area (Å²) in [5.41, 5.74) is 11.5. The molecule has 6 heteroatoms. The van der Waals surface area contributed by atoms with E-state index >= 15 is 0 Å². The van der Waals surface area contributed by atoms with Crippen molar-refractivity contribution in [3.05, 3.63) is 0 Å². The van der Waals surface area contributed by atoms with Crippen LogP contribution in [0.2, 0.25) is 5.54 Å². The summed E-state index contributed by atoms with van der Waals surface area (Å²) < 4.78 is 16.1. The lowest BCUT2D eigenvalue weighted by atomic mass is 10.2. The van der Waals surface area contributed by atoms with Crippen LogP contribution in [-0.4, -0.2) is 42.7 Å². The quantitative estimate of drug-likeness (QED) is 0.590. The lowest BCUT2D eigenvalue weighted by molar-refractivity contribution is 0.106. The third-order valence-electron chi connectivity index (χ3n) is 2.54. The van der Waals surface area contributed by atoms with Crippen molar-refractivity contribution in [3.8, 4) is 0 Å². The predicted molar refractivity (Wildman–Crippen MR) is 57.9 cm³/mol. The average Bonchev–Trinajstić information content (AvgIpc) is 2.25. The van der Waals surface area contributed by atoms with E-state index in [-0.39, 0.29) is 11.6 Å². The standard InChI is InChI=1S/C8H22N2O3Si/c1-5-8(7(10)6-9)14(11-2,12-3)13-4/h7-8H,5-6,9-10H2,1-4H3. The first-order valence-corrected chi connectivity index (χ1v) is 6.53. The average molecular weight is 222 g/mol. The Morgan fingerprint density at radius 1 is 1.14 bits per heavy atom. The topological polar surface area (TPSA) is 79.7 Å². The zero-order valence-corrected chi connectivity index (χ0v) is 10.4. The summed E-state index contributed by atoms with van der Waals surface area (Å²) in [5.74, 6) is 0. The van der Waals surface area contributed by atoms with Gasteiger partial charge in [0.1, 0.15) is 0 Å². The van der Waals surface area contributed by atoms with Crippen LogP contribution in [0.15, 0.2) is 0 Å². The summed E-state index contributed by atoms with van der Waals surface area (Å²) in [6, 6.07) is -0.147. The Bertz CT molecular complexity index is 147. The molecule has 0 rings (SSSR count). The summed E-state index contributed by atoms with van der Waals surface area (Å²) >= 11 is 0. The fourth-order valence-corrected chi connectivity index (χ4v) is 4.25. The molecule has 0 aromatic rings. The SMILES string of the molecule is CCC(C(N)CN)[Si](OC)(OC)OC. The Morgan fingerprint density at radius 3 is 1.79 bits per heavy atom.